The summed E-state index contributed by atoms with van der Waals surface area (Å²) in [6.07, 6.45) is 4.01. The summed E-state index contributed by atoms with van der Waals surface area (Å²) in [6, 6.07) is 10.2. The van der Waals surface area contributed by atoms with E-state index in [1.807, 2.05) is 24.4 Å². The van der Waals surface area contributed by atoms with Gasteiger partial charge in [-0.1, -0.05) is 26.0 Å². The molecular formula is C20H27N5. The molecule has 2 aromatic rings. The quantitative estimate of drug-likeness (QED) is 0.813. The molecule has 3 rings (SSSR count). The highest BCUT2D eigenvalue weighted by molar-refractivity contribution is 5.32. The zero-order chi connectivity index (χ0) is 17.6. The monoisotopic (exact) mass is 337 g/mol. The molecule has 25 heavy (non-hydrogen) atoms. The first-order valence-corrected chi connectivity index (χ1v) is 9.15. The Morgan fingerprint density at radius 1 is 1.28 bits per heavy atom. The van der Waals surface area contributed by atoms with E-state index in [2.05, 4.69) is 51.5 Å². The molecule has 5 heteroatoms. The number of benzene rings is 1. The molecule has 0 unspecified atom stereocenters. The van der Waals surface area contributed by atoms with Crippen molar-refractivity contribution in [2.45, 2.75) is 33.5 Å². The summed E-state index contributed by atoms with van der Waals surface area (Å²) in [4.78, 5) is 9.52. The molecule has 1 atom stereocenters. The fourth-order valence-corrected chi connectivity index (χ4v) is 3.70. The Bertz CT molecular complexity index is 726. The van der Waals surface area contributed by atoms with Crippen molar-refractivity contribution in [1.82, 2.24) is 19.4 Å². The highest BCUT2D eigenvalue weighted by Gasteiger charge is 2.23. The Labute approximate surface area is 150 Å². The number of hydrogen-bond donors (Lipinski definition) is 0. The van der Waals surface area contributed by atoms with Crippen molar-refractivity contribution in [1.29, 1.82) is 5.26 Å². The maximum absolute atomic E-state index is 9.13. The zero-order valence-corrected chi connectivity index (χ0v) is 15.2. The van der Waals surface area contributed by atoms with Crippen LogP contribution in [0.4, 0.5) is 0 Å². The minimum Gasteiger partial charge on any atom is -0.333 e. The molecule has 1 aliphatic heterocycles. The predicted octanol–water partition coefficient (Wildman–Crippen LogP) is 2.73. The second kappa shape index (κ2) is 8.28. The minimum absolute atomic E-state index is 0.578. The van der Waals surface area contributed by atoms with Gasteiger partial charge in [0.2, 0.25) is 0 Å². The van der Waals surface area contributed by atoms with Crippen molar-refractivity contribution in [3.05, 3.63) is 53.6 Å². The molecule has 0 amide bonds. The highest BCUT2D eigenvalue weighted by atomic mass is 15.2. The van der Waals surface area contributed by atoms with E-state index in [0.717, 1.165) is 57.2 Å². The van der Waals surface area contributed by atoms with Gasteiger partial charge in [-0.05, 0) is 30.8 Å². The van der Waals surface area contributed by atoms with Crippen LogP contribution in [0, 0.1) is 17.2 Å². The molecule has 0 spiro atoms. The second-order valence-corrected chi connectivity index (χ2v) is 6.83. The van der Waals surface area contributed by atoms with Crippen molar-refractivity contribution >= 4 is 0 Å². The van der Waals surface area contributed by atoms with E-state index in [0.29, 0.717) is 5.92 Å². The van der Waals surface area contributed by atoms with Gasteiger partial charge in [-0.2, -0.15) is 5.26 Å². The van der Waals surface area contributed by atoms with Crippen molar-refractivity contribution in [2.75, 3.05) is 26.2 Å². The molecule has 0 saturated heterocycles. The number of fused-ring (bicyclic) bond motifs is 1. The molecule has 1 aliphatic rings. The molecular weight excluding hydrogens is 310 g/mol. The SMILES string of the molecule is CCN(CC)C[C@H]1CN(Cc2cccc(C#N)c2)Cc2nccn2C1. The summed E-state index contributed by atoms with van der Waals surface area (Å²) in [5.41, 5.74) is 1.93. The van der Waals surface area contributed by atoms with Crippen molar-refractivity contribution < 1.29 is 0 Å². The lowest BCUT2D eigenvalue weighted by molar-refractivity contribution is 0.174. The maximum atomic E-state index is 9.13. The fourth-order valence-electron chi connectivity index (χ4n) is 3.70. The molecule has 2 heterocycles. The van der Waals surface area contributed by atoms with Crippen LogP contribution in [-0.4, -0.2) is 45.5 Å². The van der Waals surface area contributed by atoms with Gasteiger partial charge in [-0.15, -0.1) is 0 Å². The lowest BCUT2D eigenvalue weighted by atomic mass is 10.1. The van der Waals surface area contributed by atoms with E-state index >= 15 is 0 Å². The van der Waals surface area contributed by atoms with Crippen LogP contribution in [-0.2, 0) is 19.6 Å². The number of rotatable bonds is 6. The largest absolute Gasteiger partial charge is 0.333 e. The van der Waals surface area contributed by atoms with Crippen molar-refractivity contribution in [3.8, 4) is 6.07 Å². The van der Waals surface area contributed by atoms with Crippen LogP contribution < -0.4 is 0 Å². The Balaban J connectivity index is 1.77. The van der Waals surface area contributed by atoms with Crippen LogP contribution in [0.15, 0.2) is 36.7 Å². The molecule has 0 aliphatic carbocycles. The molecule has 0 radical (unpaired) electrons. The van der Waals surface area contributed by atoms with Crippen LogP contribution in [0.25, 0.3) is 0 Å². The predicted molar refractivity (Wildman–Crippen MR) is 98.8 cm³/mol. The van der Waals surface area contributed by atoms with E-state index in [9.17, 15) is 0 Å². The lowest BCUT2D eigenvalue weighted by Crippen LogP contribution is -2.36. The number of imidazole rings is 1. The van der Waals surface area contributed by atoms with Gasteiger partial charge in [-0.3, -0.25) is 4.90 Å². The second-order valence-electron chi connectivity index (χ2n) is 6.83. The van der Waals surface area contributed by atoms with Gasteiger partial charge in [0.15, 0.2) is 0 Å². The van der Waals surface area contributed by atoms with E-state index in [1.54, 1.807) is 0 Å². The maximum Gasteiger partial charge on any atom is 0.122 e. The third-order valence-electron chi connectivity index (χ3n) is 5.01. The zero-order valence-electron chi connectivity index (χ0n) is 15.2. The average molecular weight is 337 g/mol. The molecule has 1 aromatic heterocycles. The lowest BCUT2D eigenvalue weighted by Gasteiger charge is -2.28. The summed E-state index contributed by atoms with van der Waals surface area (Å²) < 4.78 is 2.31. The van der Waals surface area contributed by atoms with Crippen LogP contribution in [0.2, 0.25) is 0 Å². The molecule has 5 nitrogen and oxygen atoms in total. The van der Waals surface area contributed by atoms with Gasteiger partial charge in [0.25, 0.3) is 0 Å². The third kappa shape index (κ3) is 4.47. The van der Waals surface area contributed by atoms with Crippen LogP contribution in [0.3, 0.4) is 0 Å². The standard InChI is InChI=1S/C20H27N5/c1-3-23(4-2)13-19-14-24(16-20-22-8-9-25(20)15-19)12-18-7-5-6-17(10-18)11-21/h5-10,19H,3-4,12-16H2,1-2H3/t19-/m0/s1. The first kappa shape index (κ1) is 17.7. The Hall–Kier alpha value is -2.16. The van der Waals surface area contributed by atoms with Gasteiger partial charge in [-0.25, -0.2) is 4.98 Å². The Kier molecular flexibility index (Phi) is 5.85. The van der Waals surface area contributed by atoms with E-state index in [-0.39, 0.29) is 0 Å². The number of hydrogen-bond acceptors (Lipinski definition) is 4. The topological polar surface area (TPSA) is 48.1 Å². The molecule has 1 aromatic carbocycles. The Morgan fingerprint density at radius 3 is 2.88 bits per heavy atom. The van der Waals surface area contributed by atoms with Crippen LogP contribution in [0.1, 0.15) is 30.8 Å². The summed E-state index contributed by atoms with van der Waals surface area (Å²) in [7, 11) is 0. The van der Waals surface area contributed by atoms with Crippen LogP contribution >= 0.6 is 0 Å². The van der Waals surface area contributed by atoms with Gasteiger partial charge < -0.3 is 9.47 Å². The van der Waals surface area contributed by atoms with Crippen molar-refractivity contribution in [3.63, 3.8) is 0 Å². The van der Waals surface area contributed by atoms with Gasteiger partial charge >= 0.3 is 0 Å². The molecule has 0 fully saturated rings. The Morgan fingerprint density at radius 2 is 2.12 bits per heavy atom. The molecule has 0 bridgehead atoms. The smallest absolute Gasteiger partial charge is 0.122 e. The highest BCUT2D eigenvalue weighted by Crippen LogP contribution is 2.19. The number of nitrogens with zero attached hydrogens (tertiary/aromatic N) is 5. The van der Waals surface area contributed by atoms with Gasteiger partial charge in [0.05, 0.1) is 18.2 Å². The first-order valence-electron chi connectivity index (χ1n) is 9.15. The van der Waals surface area contributed by atoms with Gasteiger partial charge in [0.1, 0.15) is 5.82 Å². The normalized spacial score (nSPS) is 17.9. The molecule has 0 N–H and O–H groups in total. The average Bonchev–Trinajstić information content (AvgIpc) is 2.99. The van der Waals surface area contributed by atoms with Crippen molar-refractivity contribution in [2.24, 2.45) is 5.92 Å². The molecule has 132 valence electrons. The molecule has 0 saturated carbocycles. The third-order valence-corrected chi connectivity index (χ3v) is 5.01. The van der Waals surface area contributed by atoms with Crippen LogP contribution in [0.5, 0.6) is 0 Å². The van der Waals surface area contributed by atoms with Gasteiger partial charge in [0, 0.05) is 44.5 Å². The van der Waals surface area contributed by atoms with E-state index < -0.39 is 0 Å². The number of nitriles is 1. The summed E-state index contributed by atoms with van der Waals surface area (Å²) in [5, 5.41) is 9.13. The number of aromatic nitrogens is 2. The fraction of sp³-hybridized carbons (Fsp3) is 0.500. The minimum atomic E-state index is 0.578. The van der Waals surface area contributed by atoms with E-state index in [1.165, 1.54) is 5.56 Å². The summed E-state index contributed by atoms with van der Waals surface area (Å²) in [6.45, 7) is 11.6. The summed E-state index contributed by atoms with van der Waals surface area (Å²) >= 11 is 0. The van der Waals surface area contributed by atoms with E-state index in [4.69, 9.17) is 5.26 Å². The summed E-state index contributed by atoms with van der Waals surface area (Å²) in [5.74, 6) is 1.72. The first-order chi connectivity index (χ1) is 12.2.